The third-order valence-corrected chi connectivity index (χ3v) is 6.19. The van der Waals surface area contributed by atoms with Crippen molar-refractivity contribution in [1.29, 1.82) is 0 Å². The van der Waals surface area contributed by atoms with Crippen molar-refractivity contribution in [2.45, 2.75) is 25.7 Å². The van der Waals surface area contributed by atoms with Crippen LogP contribution in [0.1, 0.15) is 29.8 Å². The summed E-state index contributed by atoms with van der Waals surface area (Å²) >= 11 is 0. The molecule has 2 aromatic carbocycles. The SMILES string of the molecule is CCN(CC)S(=O)(=O)c1cc(C(=O)Nc2cc(C)ccc2F)ccc1OC. The zero-order valence-corrected chi connectivity index (χ0v) is 16.6. The average Bonchev–Trinajstić information content (AvgIpc) is 2.64. The maximum absolute atomic E-state index is 13.9. The number of halogens is 1. The fourth-order valence-corrected chi connectivity index (χ4v) is 4.29. The number of ether oxygens (including phenoxy) is 1. The maximum Gasteiger partial charge on any atom is 0.255 e. The van der Waals surface area contributed by atoms with Gasteiger partial charge in [0.2, 0.25) is 10.0 Å². The van der Waals surface area contributed by atoms with Crippen LogP contribution in [0.3, 0.4) is 0 Å². The first-order valence-electron chi connectivity index (χ1n) is 8.50. The first kappa shape index (κ1) is 20.9. The number of carbonyl (C=O) groups excluding carboxylic acids is 1. The number of carbonyl (C=O) groups is 1. The van der Waals surface area contributed by atoms with Gasteiger partial charge in [0.15, 0.2) is 0 Å². The van der Waals surface area contributed by atoms with Crippen molar-refractivity contribution in [3.8, 4) is 5.75 Å². The lowest BCUT2D eigenvalue weighted by molar-refractivity contribution is 0.102. The maximum atomic E-state index is 13.9. The van der Waals surface area contributed by atoms with Crippen LogP contribution in [0.5, 0.6) is 5.75 Å². The van der Waals surface area contributed by atoms with Crippen LogP contribution in [0, 0.1) is 12.7 Å². The largest absolute Gasteiger partial charge is 0.495 e. The van der Waals surface area contributed by atoms with Crippen molar-refractivity contribution in [3.63, 3.8) is 0 Å². The highest BCUT2D eigenvalue weighted by Gasteiger charge is 2.27. The van der Waals surface area contributed by atoms with E-state index in [4.69, 9.17) is 4.74 Å². The Labute approximate surface area is 159 Å². The van der Waals surface area contributed by atoms with Crippen molar-refractivity contribution < 1.29 is 22.3 Å². The minimum absolute atomic E-state index is 0.0315. The van der Waals surface area contributed by atoms with Gasteiger partial charge in [-0.2, -0.15) is 4.31 Å². The third-order valence-electron chi connectivity index (χ3n) is 4.12. The molecule has 2 aromatic rings. The number of aryl methyl sites for hydroxylation is 1. The van der Waals surface area contributed by atoms with E-state index < -0.39 is 21.7 Å². The molecule has 1 N–H and O–H groups in total. The lowest BCUT2D eigenvalue weighted by Gasteiger charge is -2.20. The lowest BCUT2D eigenvalue weighted by atomic mass is 10.1. The number of nitrogens with one attached hydrogen (secondary N) is 1. The molecular weight excluding hydrogens is 371 g/mol. The molecule has 0 unspecified atom stereocenters. The van der Waals surface area contributed by atoms with Gasteiger partial charge in [0.05, 0.1) is 12.8 Å². The van der Waals surface area contributed by atoms with Crippen LogP contribution in [0.15, 0.2) is 41.3 Å². The molecule has 0 radical (unpaired) electrons. The molecule has 0 heterocycles. The van der Waals surface area contributed by atoms with Crippen molar-refractivity contribution in [2.24, 2.45) is 0 Å². The van der Waals surface area contributed by atoms with Crippen molar-refractivity contribution >= 4 is 21.6 Å². The molecule has 0 aliphatic carbocycles. The van der Waals surface area contributed by atoms with Crippen LogP contribution < -0.4 is 10.1 Å². The third kappa shape index (κ3) is 4.45. The fourth-order valence-electron chi connectivity index (χ4n) is 2.65. The number of amides is 1. The quantitative estimate of drug-likeness (QED) is 0.781. The van der Waals surface area contributed by atoms with Crippen LogP contribution in [0.2, 0.25) is 0 Å². The molecule has 0 saturated heterocycles. The smallest absolute Gasteiger partial charge is 0.255 e. The molecule has 0 fully saturated rings. The molecule has 0 atom stereocenters. The normalized spacial score (nSPS) is 11.5. The van der Waals surface area contributed by atoms with Gasteiger partial charge in [-0.15, -0.1) is 0 Å². The monoisotopic (exact) mass is 394 g/mol. The highest BCUT2D eigenvalue weighted by Crippen LogP contribution is 2.28. The van der Waals surface area contributed by atoms with Gasteiger partial charge in [-0.1, -0.05) is 19.9 Å². The lowest BCUT2D eigenvalue weighted by Crippen LogP contribution is -2.31. The Morgan fingerprint density at radius 3 is 2.41 bits per heavy atom. The molecular formula is C19H23FN2O4S. The summed E-state index contributed by atoms with van der Waals surface area (Å²) in [4.78, 5) is 12.4. The summed E-state index contributed by atoms with van der Waals surface area (Å²) in [6, 6.07) is 8.45. The van der Waals surface area contributed by atoms with E-state index in [1.165, 1.54) is 41.7 Å². The summed E-state index contributed by atoms with van der Waals surface area (Å²) in [6.07, 6.45) is 0. The van der Waals surface area contributed by atoms with Gasteiger partial charge in [0.25, 0.3) is 5.91 Å². The molecule has 27 heavy (non-hydrogen) atoms. The summed E-state index contributed by atoms with van der Waals surface area (Å²) in [5, 5.41) is 2.48. The Kier molecular flexibility index (Phi) is 6.56. The first-order chi connectivity index (χ1) is 12.7. The molecule has 1 amide bonds. The number of nitrogens with zero attached hydrogens (tertiary/aromatic N) is 1. The Morgan fingerprint density at radius 2 is 1.81 bits per heavy atom. The molecule has 146 valence electrons. The number of sulfonamides is 1. The molecule has 8 heteroatoms. The molecule has 0 aliphatic heterocycles. The Bertz CT molecular complexity index is 941. The van der Waals surface area contributed by atoms with E-state index in [9.17, 15) is 17.6 Å². The number of anilines is 1. The van der Waals surface area contributed by atoms with Crippen LogP contribution in [0.25, 0.3) is 0 Å². The van der Waals surface area contributed by atoms with Crippen LogP contribution >= 0.6 is 0 Å². The van der Waals surface area contributed by atoms with Gasteiger partial charge in [-0.3, -0.25) is 4.79 Å². The summed E-state index contributed by atoms with van der Waals surface area (Å²) < 4.78 is 46.0. The van der Waals surface area contributed by atoms with Crippen LogP contribution in [-0.2, 0) is 10.0 Å². The van der Waals surface area contributed by atoms with E-state index >= 15 is 0 Å². The Balaban J connectivity index is 2.44. The summed E-state index contributed by atoms with van der Waals surface area (Å²) in [6.45, 7) is 5.80. The standard InChI is InChI=1S/C19H23FN2O4S/c1-5-22(6-2)27(24,25)18-12-14(8-10-17(18)26-4)19(23)21-16-11-13(3)7-9-15(16)20/h7-12H,5-6H2,1-4H3,(H,21,23). The predicted octanol–water partition coefficient (Wildman–Crippen LogP) is 3.43. The number of methoxy groups -OCH3 is 1. The number of hydrogen-bond acceptors (Lipinski definition) is 4. The van der Waals surface area contributed by atoms with Gasteiger partial charge in [0, 0.05) is 18.7 Å². The number of rotatable bonds is 7. The second-order valence-corrected chi connectivity index (χ2v) is 7.80. The van der Waals surface area contributed by atoms with E-state index in [1.54, 1.807) is 26.8 Å². The van der Waals surface area contributed by atoms with Gasteiger partial charge < -0.3 is 10.1 Å². The van der Waals surface area contributed by atoms with Crippen LogP contribution in [-0.4, -0.2) is 38.8 Å². The zero-order chi connectivity index (χ0) is 20.2. The average molecular weight is 394 g/mol. The highest BCUT2D eigenvalue weighted by atomic mass is 32.2. The molecule has 6 nitrogen and oxygen atoms in total. The van der Waals surface area contributed by atoms with Crippen molar-refractivity contribution in [3.05, 3.63) is 53.3 Å². The second-order valence-electron chi connectivity index (χ2n) is 5.89. The molecule has 2 rings (SSSR count). The topological polar surface area (TPSA) is 75.7 Å². The minimum Gasteiger partial charge on any atom is -0.495 e. The van der Waals surface area contributed by atoms with Gasteiger partial charge in [0.1, 0.15) is 16.5 Å². The Morgan fingerprint density at radius 1 is 1.15 bits per heavy atom. The summed E-state index contributed by atoms with van der Waals surface area (Å²) in [5.74, 6) is -1.04. The van der Waals surface area contributed by atoms with Gasteiger partial charge >= 0.3 is 0 Å². The molecule has 0 spiro atoms. The summed E-state index contributed by atoms with van der Waals surface area (Å²) in [7, 11) is -2.47. The van der Waals surface area contributed by atoms with E-state index in [1.807, 2.05) is 0 Å². The first-order valence-corrected chi connectivity index (χ1v) is 9.94. The fraction of sp³-hybridized carbons (Fsp3) is 0.316. The van der Waals surface area contributed by atoms with E-state index in [2.05, 4.69) is 5.32 Å². The molecule has 0 aromatic heterocycles. The van der Waals surface area contributed by atoms with Crippen LogP contribution in [0.4, 0.5) is 10.1 Å². The summed E-state index contributed by atoms with van der Waals surface area (Å²) in [5.41, 5.74) is 0.901. The Hall–Kier alpha value is -2.45. The minimum atomic E-state index is -3.83. The van der Waals surface area contributed by atoms with Crippen molar-refractivity contribution in [1.82, 2.24) is 4.31 Å². The molecule has 0 bridgehead atoms. The van der Waals surface area contributed by atoms with E-state index in [0.717, 1.165) is 5.56 Å². The zero-order valence-electron chi connectivity index (χ0n) is 15.7. The number of benzene rings is 2. The number of hydrogen-bond donors (Lipinski definition) is 1. The predicted molar refractivity (Wildman–Crippen MR) is 102 cm³/mol. The van der Waals surface area contributed by atoms with Crippen molar-refractivity contribution in [2.75, 3.05) is 25.5 Å². The van der Waals surface area contributed by atoms with E-state index in [0.29, 0.717) is 0 Å². The van der Waals surface area contributed by atoms with Gasteiger partial charge in [-0.05, 0) is 42.8 Å². The van der Waals surface area contributed by atoms with Gasteiger partial charge in [-0.25, -0.2) is 12.8 Å². The van der Waals surface area contributed by atoms with E-state index in [-0.39, 0.29) is 35.0 Å². The highest BCUT2D eigenvalue weighted by molar-refractivity contribution is 7.89. The molecule has 0 aliphatic rings. The molecule has 0 saturated carbocycles. The second kappa shape index (κ2) is 8.49.